The molecule has 106 valence electrons. The van der Waals surface area contributed by atoms with Gasteiger partial charge in [-0.15, -0.1) is 0 Å². The molecule has 1 aromatic heterocycles. The summed E-state index contributed by atoms with van der Waals surface area (Å²) in [5, 5.41) is 5.03. The molecule has 0 unspecified atom stereocenters. The van der Waals surface area contributed by atoms with Gasteiger partial charge in [-0.05, 0) is 24.1 Å². The van der Waals surface area contributed by atoms with Gasteiger partial charge < -0.3 is 5.32 Å². The van der Waals surface area contributed by atoms with Gasteiger partial charge in [0.1, 0.15) is 5.54 Å². The van der Waals surface area contributed by atoms with Crippen LogP contribution in [-0.4, -0.2) is 16.9 Å². The summed E-state index contributed by atoms with van der Waals surface area (Å²) < 4.78 is 0. The van der Waals surface area contributed by atoms with Crippen LogP contribution in [0.4, 0.5) is 4.79 Å². The molecule has 2 N–H and O–H groups in total. The summed E-state index contributed by atoms with van der Waals surface area (Å²) in [6.45, 7) is 1.87. The number of rotatable bonds is 3. The Kier molecular flexibility index (Phi) is 3.17. The van der Waals surface area contributed by atoms with E-state index in [9.17, 15) is 9.59 Å². The van der Waals surface area contributed by atoms with Crippen molar-refractivity contribution in [1.82, 2.24) is 15.6 Å². The van der Waals surface area contributed by atoms with Gasteiger partial charge in [0.2, 0.25) is 0 Å². The van der Waals surface area contributed by atoms with Crippen LogP contribution in [-0.2, 0) is 10.3 Å². The molecule has 1 aliphatic rings. The predicted octanol–water partition coefficient (Wildman–Crippen LogP) is 2.19. The number of imide groups is 1. The van der Waals surface area contributed by atoms with Crippen molar-refractivity contribution in [1.29, 1.82) is 0 Å². The molecule has 21 heavy (non-hydrogen) atoms. The number of pyridine rings is 1. The number of urea groups is 1. The first-order valence-corrected chi connectivity index (χ1v) is 6.81. The number of aromatic nitrogens is 1. The minimum Gasteiger partial charge on any atom is -0.319 e. The maximum Gasteiger partial charge on any atom is 0.322 e. The van der Waals surface area contributed by atoms with Crippen LogP contribution >= 0.6 is 0 Å². The molecule has 0 saturated carbocycles. The lowest BCUT2D eigenvalue weighted by molar-refractivity contribution is -0.124. The monoisotopic (exact) mass is 281 g/mol. The molecule has 1 aliphatic heterocycles. The second kappa shape index (κ2) is 5.01. The van der Waals surface area contributed by atoms with E-state index in [4.69, 9.17) is 0 Å². The lowest BCUT2D eigenvalue weighted by Crippen LogP contribution is -2.43. The second-order valence-electron chi connectivity index (χ2n) is 4.96. The summed E-state index contributed by atoms with van der Waals surface area (Å²) in [7, 11) is 0. The molecule has 0 aliphatic carbocycles. The molecule has 0 radical (unpaired) electrons. The van der Waals surface area contributed by atoms with E-state index < -0.39 is 11.6 Å². The van der Waals surface area contributed by atoms with Gasteiger partial charge >= 0.3 is 6.03 Å². The van der Waals surface area contributed by atoms with Gasteiger partial charge in [-0.2, -0.15) is 0 Å². The summed E-state index contributed by atoms with van der Waals surface area (Å²) in [6.07, 6.45) is 2.23. The Morgan fingerprint density at radius 3 is 2.38 bits per heavy atom. The quantitative estimate of drug-likeness (QED) is 0.847. The van der Waals surface area contributed by atoms with E-state index in [1.54, 1.807) is 6.20 Å². The fourth-order valence-corrected chi connectivity index (χ4v) is 2.61. The summed E-state index contributed by atoms with van der Waals surface area (Å²) >= 11 is 0. The highest BCUT2D eigenvalue weighted by Crippen LogP contribution is 2.30. The number of hydrogen-bond acceptors (Lipinski definition) is 3. The van der Waals surface area contributed by atoms with Gasteiger partial charge in [0, 0.05) is 11.8 Å². The molecule has 0 bridgehead atoms. The summed E-state index contributed by atoms with van der Waals surface area (Å²) in [5.74, 6) is -0.305. The van der Waals surface area contributed by atoms with Gasteiger partial charge in [0.15, 0.2) is 0 Å². The average Bonchev–Trinajstić information content (AvgIpc) is 2.83. The van der Waals surface area contributed by atoms with E-state index >= 15 is 0 Å². The number of hydrogen-bond donors (Lipinski definition) is 2. The molecule has 3 rings (SSSR count). The van der Waals surface area contributed by atoms with Gasteiger partial charge in [0.05, 0.1) is 5.69 Å². The maximum atomic E-state index is 12.1. The minimum atomic E-state index is -0.972. The highest BCUT2D eigenvalue weighted by molar-refractivity contribution is 6.07. The molecule has 3 amide bonds. The van der Waals surface area contributed by atoms with Crippen molar-refractivity contribution in [3.05, 3.63) is 54.2 Å². The SMILES string of the molecule is CC[C@@]1(c2ccc(-c3ccccn3)cc2)NC(=O)NC1=O. The summed E-state index contributed by atoms with van der Waals surface area (Å²) in [5.41, 5.74) is 1.64. The minimum absolute atomic E-state index is 0.305. The van der Waals surface area contributed by atoms with E-state index in [1.165, 1.54) is 0 Å². The highest BCUT2D eigenvalue weighted by atomic mass is 16.2. The van der Waals surface area contributed by atoms with Gasteiger partial charge in [-0.3, -0.25) is 15.1 Å². The van der Waals surface area contributed by atoms with E-state index in [2.05, 4.69) is 15.6 Å². The molecule has 1 atom stereocenters. The van der Waals surface area contributed by atoms with Crippen molar-refractivity contribution >= 4 is 11.9 Å². The zero-order chi connectivity index (χ0) is 14.9. The van der Waals surface area contributed by atoms with Crippen LogP contribution in [0.5, 0.6) is 0 Å². The topological polar surface area (TPSA) is 71.1 Å². The van der Waals surface area contributed by atoms with Crippen molar-refractivity contribution in [2.75, 3.05) is 0 Å². The Balaban J connectivity index is 1.97. The molecule has 2 heterocycles. The Morgan fingerprint density at radius 2 is 1.86 bits per heavy atom. The summed E-state index contributed by atoms with van der Waals surface area (Å²) in [6, 6.07) is 12.8. The Labute approximate surface area is 122 Å². The number of nitrogens with zero attached hydrogens (tertiary/aromatic N) is 1. The van der Waals surface area contributed by atoms with E-state index in [0.717, 1.165) is 16.8 Å². The van der Waals surface area contributed by atoms with E-state index in [0.29, 0.717) is 6.42 Å². The molecule has 5 nitrogen and oxygen atoms in total. The van der Waals surface area contributed by atoms with Crippen molar-refractivity contribution < 1.29 is 9.59 Å². The van der Waals surface area contributed by atoms with Crippen molar-refractivity contribution in [3.8, 4) is 11.3 Å². The number of benzene rings is 1. The number of nitrogens with one attached hydrogen (secondary N) is 2. The predicted molar refractivity (Wildman–Crippen MR) is 78.3 cm³/mol. The third-order valence-corrected chi connectivity index (χ3v) is 3.81. The number of carbonyl (C=O) groups excluding carboxylic acids is 2. The van der Waals surface area contributed by atoms with Gasteiger partial charge in [-0.25, -0.2) is 4.79 Å². The van der Waals surface area contributed by atoms with Crippen LogP contribution < -0.4 is 10.6 Å². The van der Waals surface area contributed by atoms with Crippen LogP contribution in [0, 0.1) is 0 Å². The number of amides is 3. The van der Waals surface area contributed by atoms with Crippen LogP contribution in [0.25, 0.3) is 11.3 Å². The first kappa shape index (κ1) is 13.3. The Morgan fingerprint density at radius 1 is 1.10 bits per heavy atom. The smallest absolute Gasteiger partial charge is 0.319 e. The molecule has 1 aromatic carbocycles. The molecule has 5 heteroatoms. The van der Waals surface area contributed by atoms with Crippen LogP contribution in [0.3, 0.4) is 0 Å². The van der Waals surface area contributed by atoms with Crippen molar-refractivity contribution in [2.24, 2.45) is 0 Å². The van der Waals surface area contributed by atoms with Crippen LogP contribution in [0.2, 0.25) is 0 Å². The summed E-state index contributed by atoms with van der Waals surface area (Å²) in [4.78, 5) is 27.8. The maximum absolute atomic E-state index is 12.1. The standard InChI is InChI=1S/C16H15N3O2/c1-2-16(14(20)18-15(21)19-16)12-8-6-11(7-9-12)13-5-3-4-10-17-13/h3-10H,2H2,1H3,(H2,18,19,20,21)/t16-/m0/s1. The van der Waals surface area contributed by atoms with E-state index in [-0.39, 0.29) is 5.91 Å². The first-order valence-electron chi connectivity index (χ1n) is 6.81. The molecule has 2 aromatic rings. The molecule has 1 saturated heterocycles. The first-order chi connectivity index (χ1) is 10.2. The Hall–Kier alpha value is -2.69. The molecule has 1 fully saturated rings. The third kappa shape index (κ3) is 2.16. The zero-order valence-electron chi connectivity index (χ0n) is 11.6. The highest BCUT2D eigenvalue weighted by Gasteiger charge is 2.46. The largest absolute Gasteiger partial charge is 0.322 e. The normalized spacial score (nSPS) is 21.0. The third-order valence-electron chi connectivity index (χ3n) is 3.81. The fraction of sp³-hybridized carbons (Fsp3) is 0.188. The van der Waals surface area contributed by atoms with Crippen molar-refractivity contribution in [2.45, 2.75) is 18.9 Å². The van der Waals surface area contributed by atoms with Gasteiger partial charge in [0.25, 0.3) is 5.91 Å². The zero-order valence-corrected chi connectivity index (χ0v) is 11.6. The van der Waals surface area contributed by atoms with Gasteiger partial charge in [-0.1, -0.05) is 37.3 Å². The number of carbonyl (C=O) groups is 2. The molecular formula is C16H15N3O2. The Bertz CT molecular complexity index is 682. The molecular weight excluding hydrogens is 266 g/mol. The van der Waals surface area contributed by atoms with Crippen molar-refractivity contribution in [3.63, 3.8) is 0 Å². The lowest BCUT2D eigenvalue weighted by Gasteiger charge is -2.25. The lowest BCUT2D eigenvalue weighted by atomic mass is 9.87. The fourth-order valence-electron chi connectivity index (χ4n) is 2.61. The average molecular weight is 281 g/mol. The van der Waals surface area contributed by atoms with Crippen LogP contribution in [0.15, 0.2) is 48.7 Å². The second-order valence-corrected chi connectivity index (χ2v) is 4.96. The molecule has 0 spiro atoms. The van der Waals surface area contributed by atoms with E-state index in [1.807, 2.05) is 49.4 Å². The van der Waals surface area contributed by atoms with Crippen LogP contribution in [0.1, 0.15) is 18.9 Å².